The molecule has 120 valence electrons. The Morgan fingerprint density at radius 2 is 1.95 bits per heavy atom. The van der Waals surface area contributed by atoms with Gasteiger partial charge in [0.2, 0.25) is 6.41 Å². The highest BCUT2D eigenvalue weighted by Gasteiger charge is 2.28. The largest absolute Gasteiger partial charge is 0.388 e. The number of hydrogen-bond donors (Lipinski definition) is 3. The van der Waals surface area contributed by atoms with Crippen LogP contribution in [-0.2, 0) is 4.79 Å². The Labute approximate surface area is 135 Å². The van der Waals surface area contributed by atoms with Crippen molar-refractivity contribution >= 4 is 29.6 Å². The van der Waals surface area contributed by atoms with E-state index >= 15 is 0 Å². The van der Waals surface area contributed by atoms with Crippen LogP contribution in [0.25, 0.3) is 0 Å². The highest BCUT2D eigenvalue weighted by atomic mass is 35.5. The van der Waals surface area contributed by atoms with Gasteiger partial charge in [0.15, 0.2) is 0 Å². The molecular weight excluding hydrogens is 304 g/mol. The highest BCUT2D eigenvalue weighted by Crippen LogP contribution is 2.27. The first-order valence-electron chi connectivity index (χ1n) is 7.54. The molecule has 2 amide bonds. The molecule has 0 spiro atoms. The van der Waals surface area contributed by atoms with Gasteiger partial charge in [-0.3, -0.25) is 9.59 Å². The summed E-state index contributed by atoms with van der Waals surface area (Å²) in [4.78, 5) is 22.7. The van der Waals surface area contributed by atoms with E-state index in [9.17, 15) is 14.7 Å². The number of carbonyl (C=O) groups excluding carboxylic acids is 2. The number of halogens is 1. The van der Waals surface area contributed by atoms with Gasteiger partial charge < -0.3 is 15.7 Å². The summed E-state index contributed by atoms with van der Waals surface area (Å²) in [6.07, 6.45) is 6.15. The molecule has 3 N–H and O–H groups in total. The van der Waals surface area contributed by atoms with E-state index in [2.05, 4.69) is 10.6 Å². The molecule has 1 aliphatic rings. The lowest BCUT2D eigenvalue weighted by Gasteiger charge is -2.26. The third-order valence-corrected chi connectivity index (χ3v) is 4.38. The lowest BCUT2D eigenvalue weighted by Crippen LogP contribution is -2.42. The van der Waals surface area contributed by atoms with Gasteiger partial charge in [0.1, 0.15) is 0 Å². The van der Waals surface area contributed by atoms with E-state index in [0.717, 1.165) is 25.7 Å². The van der Waals surface area contributed by atoms with Gasteiger partial charge in [0.05, 0.1) is 16.2 Å². The average molecular weight is 325 g/mol. The number of anilines is 1. The van der Waals surface area contributed by atoms with Gasteiger partial charge in [-0.05, 0) is 31.0 Å². The number of carbonyl (C=O) groups is 2. The molecule has 1 aromatic rings. The first-order chi connectivity index (χ1) is 10.5. The molecule has 0 unspecified atom stereocenters. The van der Waals surface area contributed by atoms with Crippen LogP contribution < -0.4 is 10.6 Å². The fourth-order valence-corrected chi connectivity index (χ4v) is 2.96. The van der Waals surface area contributed by atoms with Crippen LogP contribution in [0.1, 0.15) is 48.9 Å². The maximum atomic E-state index is 12.3. The molecular formula is C16H21ClN2O3. The summed E-state index contributed by atoms with van der Waals surface area (Å²) < 4.78 is 0. The minimum absolute atomic E-state index is 0.216. The average Bonchev–Trinajstić information content (AvgIpc) is 2.72. The summed E-state index contributed by atoms with van der Waals surface area (Å²) in [7, 11) is 0. The van der Waals surface area contributed by atoms with E-state index in [1.807, 2.05) is 0 Å². The molecule has 0 atom stereocenters. The number of benzene rings is 1. The van der Waals surface area contributed by atoms with Gasteiger partial charge in [-0.2, -0.15) is 0 Å². The molecule has 0 aromatic heterocycles. The SMILES string of the molecule is O=CNc1ccc(Cl)c(C(=O)NCC2(O)CCCCCC2)c1. The minimum atomic E-state index is -0.836. The normalized spacial score (nSPS) is 17.4. The van der Waals surface area contributed by atoms with Crippen LogP contribution in [0.2, 0.25) is 5.02 Å². The zero-order chi connectivity index (χ0) is 16.0. The summed E-state index contributed by atoms with van der Waals surface area (Å²) >= 11 is 6.03. The molecule has 6 heteroatoms. The summed E-state index contributed by atoms with van der Waals surface area (Å²) in [6.45, 7) is 0.216. The van der Waals surface area contributed by atoms with Crippen molar-refractivity contribution in [2.45, 2.75) is 44.1 Å². The van der Waals surface area contributed by atoms with Crippen molar-refractivity contribution in [3.63, 3.8) is 0 Å². The Hall–Kier alpha value is -1.59. The maximum Gasteiger partial charge on any atom is 0.252 e. The smallest absolute Gasteiger partial charge is 0.252 e. The lowest BCUT2D eigenvalue weighted by atomic mass is 9.94. The molecule has 0 heterocycles. The van der Waals surface area contributed by atoms with E-state index in [-0.39, 0.29) is 18.0 Å². The number of amides is 2. The van der Waals surface area contributed by atoms with Crippen molar-refractivity contribution in [2.24, 2.45) is 0 Å². The Kier molecular flexibility index (Phi) is 5.80. The van der Waals surface area contributed by atoms with Crippen LogP contribution in [0.5, 0.6) is 0 Å². The predicted molar refractivity (Wildman–Crippen MR) is 86.1 cm³/mol. The monoisotopic (exact) mass is 324 g/mol. The van der Waals surface area contributed by atoms with E-state index in [0.29, 0.717) is 30.0 Å². The molecule has 0 radical (unpaired) electrons. The molecule has 0 aliphatic heterocycles. The third kappa shape index (κ3) is 4.45. The fourth-order valence-electron chi connectivity index (χ4n) is 2.76. The number of nitrogens with one attached hydrogen (secondary N) is 2. The Morgan fingerprint density at radius 3 is 2.59 bits per heavy atom. The van der Waals surface area contributed by atoms with E-state index < -0.39 is 5.60 Å². The van der Waals surface area contributed by atoms with Gasteiger partial charge in [0.25, 0.3) is 5.91 Å². The molecule has 22 heavy (non-hydrogen) atoms. The van der Waals surface area contributed by atoms with Crippen LogP contribution in [0.4, 0.5) is 5.69 Å². The quantitative estimate of drug-likeness (QED) is 0.575. The molecule has 2 rings (SSSR count). The number of hydrogen-bond acceptors (Lipinski definition) is 3. The second kappa shape index (κ2) is 7.61. The van der Waals surface area contributed by atoms with Crippen molar-refractivity contribution in [1.29, 1.82) is 0 Å². The van der Waals surface area contributed by atoms with Gasteiger partial charge >= 0.3 is 0 Å². The molecule has 0 bridgehead atoms. The van der Waals surface area contributed by atoms with Gasteiger partial charge in [-0.15, -0.1) is 0 Å². The van der Waals surface area contributed by atoms with Crippen LogP contribution in [0, 0.1) is 0 Å². The predicted octanol–water partition coefficient (Wildman–Crippen LogP) is 2.72. The second-order valence-electron chi connectivity index (χ2n) is 5.78. The third-order valence-electron chi connectivity index (χ3n) is 4.05. The molecule has 0 saturated heterocycles. The van der Waals surface area contributed by atoms with Gasteiger partial charge in [-0.25, -0.2) is 0 Å². The lowest BCUT2D eigenvalue weighted by molar-refractivity contribution is -0.105. The topological polar surface area (TPSA) is 78.4 Å². The van der Waals surface area contributed by atoms with E-state index in [1.54, 1.807) is 12.1 Å². The molecule has 1 aliphatic carbocycles. The van der Waals surface area contributed by atoms with Crippen LogP contribution in [-0.4, -0.2) is 29.6 Å². The first kappa shape index (κ1) is 16.8. The van der Waals surface area contributed by atoms with Gasteiger partial charge in [0, 0.05) is 12.2 Å². The number of aliphatic hydroxyl groups is 1. The standard InChI is InChI=1S/C16H21ClN2O3/c17-14-6-5-12(19-11-20)9-13(14)15(21)18-10-16(22)7-3-1-2-4-8-16/h5-6,9,11,22H,1-4,7-8,10H2,(H,18,21)(H,19,20). The Morgan fingerprint density at radius 1 is 1.27 bits per heavy atom. The van der Waals surface area contributed by atoms with Crippen LogP contribution in [0.15, 0.2) is 18.2 Å². The second-order valence-corrected chi connectivity index (χ2v) is 6.19. The van der Waals surface area contributed by atoms with E-state index in [1.165, 1.54) is 6.07 Å². The maximum absolute atomic E-state index is 12.3. The van der Waals surface area contributed by atoms with Crippen molar-refractivity contribution in [3.05, 3.63) is 28.8 Å². The molecule has 1 fully saturated rings. The zero-order valence-corrected chi connectivity index (χ0v) is 13.2. The van der Waals surface area contributed by atoms with E-state index in [4.69, 9.17) is 11.6 Å². The first-order valence-corrected chi connectivity index (χ1v) is 7.92. The van der Waals surface area contributed by atoms with Crippen molar-refractivity contribution < 1.29 is 14.7 Å². The molecule has 5 nitrogen and oxygen atoms in total. The van der Waals surface area contributed by atoms with Crippen molar-refractivity contribution in [3.8, 4) is 0 Å². The Balaban J connectivity index is 2.02. The molecule has 1 saturated carbocycles. The van der Waals surface area contributed by atoms with Crippen LogP contribution in [0.3, 0.4) is 0 Å². The van der Waals surface area contributed by atoms with Crippen molar-refractivity contribution in [2.75, 3.05) is 11.9 Å². The summed E-state index contributed by atoms with van der Waals surface area (Å²) in [5.74, 6) is -0.350. The van der Waals surface area contributed by atoms with Gasteiger partial charge in [-0.1, -0.05) is 37.3 Å². The highest BCUT2D eigenvalue weighted by molar-refractivity contribution is 6.34. The summed E-state index contributed by atoms with van der Waals surface area (Å²) in [5, 5.41) is 16.1. The van der Waals surface area contributed by atoms with Crippen LogP contribution >= 0.6 is 11.6 Å². The Bertz CT molecular complexity index is 540. The summed E-state index contributed by atoms with van der Waals surface area (Å²) in [5.41, 5.74) is -0.0550. The minimum Gasteiger partial charge on any atom is -0.388 e. The van der Waals surface area contributed by atoms with Crippen molar-refractivity contribution in [1.82, 2.24) is 5.32 Å². The summed E-state index contributed by atoms with van der Waals surface area (Å²) in [6, 6.07) is 4.69. The fraction of sp³-hybridized carbons (Fsp3) is 0.500. The zero-order valence-electron chi connectivity index (χ0n) is 12.4. The molecule has 1 aromatic carbocycles. The number of rotatable bonds is 5.